The Morgan fingerprint density at radius 2 is 2.32 bits per heavy atom. The first kappa shape index (κ1) is 14.3. The molecular weight excluding hydrogens is 245 g/mol. The Hall–Kier alpha value is -1.13. The van der Waals surface area contributed by atoms with Gasteiger partial charge in [-0.25, -0.2) is 4.39 Å². The van der Waals surface area contributed by atoms with Crippen molar-refractivity contribution in [2.45, 2.75) is 38.3 Å². The smallest absolute Gasteiger partial charge is 0.131 e. The first-order chi connectivity index (χ1) is 9.10. The maximum Gasteiger partial charge on any atom is 0.131 e. The summed E-state index contributed by atoms with van der Waals surface area (Å²) < 4.78 is 25.2. The lowest BCUT2D eigenvalue weighted by Gasteiger charge is -2.34. The molecule has 0 bridgehead atoms. The monoisotopic (exact) mass is 267 g/mol. The Labute approximate surface area is 114 Å². The SMILES string of the molecule is CCNC(c1ccc(OC)cc1F)C1(C)CCCO1. The van der Waals surface area contributed by atoms with Crippen LogP contribution >= 0.6 is 0 Å². The van der Waals surface area contributed by atoms with Crippen molar-refractivity contribution in [2.75, 3.05) is 20.3 Å². The summed E-state index contributed by atoms with van der Waals surface area (Å²) >= 11 is 0. The van der Waals surface area contributed by atoms with Gasteiger partial charge in [-0.1, -0.05) is 13.0 Å². The predicted molar refractivity (Wildman–Crippen MR) is 73.0 cm³/mol. The molecule has 0 spiro atoms. The lowest BCUT2D eigenvalue weighted by Crippen LogP contribution is -2.41. The average Bonchev–Trinajstić information content (AvgIpc) is 2.84. The van der Waals surface area contributed by atoms with E-state index in [2.05, 4.69) is 12.2 Å². The molecule has 19 heavy (non-hydrogen) atoms. The third-order valence-corrected chi connectivity index (χ3v) is 3.79. The fraction of sp³-hybridized carbons (Fsp3) is 0.600. The Morgan fingerprint density at radius 3 is 2.84 bits per heavy atom. The van der Waals surface area contributed by atoms with Gasteiger partial charge in [0.1, 0.15) is 11.6 Å². The first-order valence-corrected chi connectivity index (χ1v) is 6.81. The minimum Gasteiger partial charge on any atom is -0.497 e. The van der Waals surface area contributed by atoms with Gasteiger partial charge < -0.3 is 14.8 Å². The quantitative estimate of drug-likeness (QED) is 0.889. The van der Waals surface area contributed by atoms with Gasteiger partial charge in [-0.2, -0.15) is 0 Å². The van der Waals surface area contributed by atoms with Gasteiger partial charge in [0.15, 0.2) is 0 Å². The van der Waals surface area contributed by atoms with Gasteiger partial charge in [-0.3, -0.25) is 0 Å². The highest BCUT2D eigenvalue weighted by Crippen LogP contribution is 2.38. The van der Waals surface area contributed by atoms with E-state index in [9.17, 15) is 4.39 Å². The van der Waals surface area contributed by atoms with Gasteiger partial charge >= 0.3 is 0 Å². The van der Waals surface area contributed by atoms with Crippen LogP contribution in [0, 0.1) is 5.82 Å². The number of benzene rings is 1. The number of halogens is 1. The molecule has 1 aromatic carbocycles. The summed E-state index contributed by atoms with van der Waals surface area (Å²) in [7, 11) is 1.54. The minimum atomic E-state index is -0.342. The molecule has 1 fully saturated rings. The summed E-state index contributed by atoms with van der Waals surface area (Å²) in [5.74, 6) is 0.288. The van der Waals surface area contributed by atoms with Crippen molar-refractivity contribution in [2.24, 2.45) is 0 Å². The molecule has 2 atom stereocenters. The van der Waals surface area contributed by atoms with Gasteiger partial charge in [0.2, 0.25) is 0 Å². The van der Waals surface area contributed by atoms with E-state index in [4.69, 9.17) is 9.47 Å². The van der Waals surface area contributed by atoms with Crippen molar-refractivity contribution in [1.29, 1.82) is 0 Å². The van der Waals surface area contributed by atoms with E-state index in [1.807, 2.05) is 6.92 Å². The number of hydrogen-bond acceptors (Lipinski definition) is 3. The van der Waals surface area contributed by atoms with Crippen LogP contribution in [-0.4, -0.2) is 25.9 Å². The van der Waals surface area contributed by atoms with E-state index < -0.39 is 0 Å². The van der Waals surface area contributed by atoms with Gasteiger partial charge in [-0.05, 0) is 32.4 Å². The fourth-order valence-corrected chi connectivity index (χ4v) is 2.76. The van der Waals surface area contributed by atoms with Gasteiger partial charge in [0.05, 0.1) is 18.8 Å². The van der Waals surface area contributed by atoms with Crippen LogP contribution < -0.4 is 10.1 Å². The summed E-state index contributed by atoms with van der Waals surface area (Å²) in [6.07, 6.45) is 1.96. The number of methoxy groups -OCH3 is 1. The van der Waals surface area contributed by atoms with Crippen molar-refractivity contribution in [1.82, 2.24) is 5.32 Å². The van der Waals surface area contributed by atoms with Crippen molar-refractivity contribution >= 4 is 0 Å². The second-order valence-corrected chi connectivity index (χ2v) is 5.14. The second-order valence-electron chi connectivity index (χ2n) is 5.14. The molecule has 1 aliphatic heterocycles. The van der Waals surface area contributed by atoms with E-state index in [-0.39, 0.29) is 17.5 Å². The molecule has 0 radical (unpaired) electrons. The summed E-state index contributed by atoms with van der Waals surface area (Å²) in [4.78, 5) is 0. The minimum absolute atomic E-state index is 0.133. The molecule has 1 N–H and O–H groups in total. The van der Waals surface area contributed by atoms with E-state index >= 15 is 0 Å². The molecule has 2 unspecified atom stereocenters. The standard InChI is InChI=1S/C15H22FNO2/c1-4-17-14(15(2)8-5-9-19-15)12-7-6-11(18-3)10-13(12)16/h6-7,10,14,17H,4-5,8-9H2,1-3H3. The molecule has 4 heteroatoms. The molecule has 106 valence electrons. The van der Waals surface area contributed by atoms with Crippen LogP contribution in [0.1, 0.15) is 38.3 Å². The highest BCUT2D eigenvalue weighted by atomic mass is 19.1. The third-order valence-electron chi connectivity index (χ3n) is 3.79. The normalized spacial score (nSPS) is 24.4. The zero-order valence-corrected chi connectivity index (χ0v) is 11.8. The maximum atomic E-state index is 14.3. The number of nitrogens with one attached hydrogen (secondary N) is 1. The lowest BCUT2D eigenvalue weighted by molar-refractivity contribution is -0.0130. The molecule has 0 aromatic heterocycles. The van der Waals surface area contributed by atoms with Crippen LogP contribution in [0.25, 0.3) is 0 Å². The summed E-state index contributed by atoms with van der Waals surface area (Å²) in [6, 6.07) is 4.87. The second kappa shape index (κ2) is 5.88. The van der Waals surface area contributed by atoms with E-state index in [1.165, 1.54) is 13.2 Å². The van der Waals surface area contributed by atoms with Crippen molar-refractivity contribution in [3.63, 3.8) is 0 Å². The molecule has 2 rings (SSSR count). The molecule has 1 aromatic rings. The summed E-state index contributed by atoms with van der Waals surface area (Å²) in [5, 5.41) is 3.35. The van der Waals surface area contributed by atoms with Crippen molar-refractivity contribution < 1.29 is 13.9 Å². The number of hydrogen-bond donors (Lipinski definition) is 1. The molecular formula is C15H22FNO2. The van der Waals surface area contributed by atoms with E-state index in [0.717, 1.165) is 26.0 Å². The fourth-order valence-electron chi connectivity index (χ4n) is 2.76. The third kappa shape index (κ3) is 2.90. The van der Waals surface area contributed by atoms with Crippen LogP contribution in [0.4, 0.5) is 4.39 Å². The van der Waals surface area contributed by atoms with Crippen LogP contribution in [0.15, 0.2) is 18.2 Å². The number of likely N-dealkylation sites (N-methyl/N-ethyl adjacent to an activating group) is 1. The van der Waals surface area contributed by atoms with Crippen LogP contribution in [-0.2, 0) is 4.74 Å². The van der Waals surface area contributed by atoms with Gasteiger partial charge in [-0.15, -0.1) is 0 Å². The van der Waals surface area contributed by atoms with Crippen molar-refractivity contribution in [3.05, 3.63) is 29.6 Å². The van der Waals surface area contributed by atoms with Crippen molar-refractivity contribution in [3.8, 4) is 5.75 Å². The van der Waals surface area contributed by atoms with Gasteiger partial charge in [0.25, 0.3) is 0 Å². The topological polar surface area (TPSA) is 30.5 Å². The number of ether oxygens (including phenoxy) is 2. The summed E-state index contributed by atoms with van der Waals surface area (Å²) in [5.41, 5.74) is 0.304. The van der Waals surface area contributed by atoms with Crippen LogP contribution in [0.5, 0.6) is 5.75 Å². The molecule has 3 nitrogen and oxygen atoms in total. The average molecular weight is 267 g/mol. The Bertz CT molecular complexity index is 430. The molecule has 0 saturated carbocycles. The Kier molecular flexibility index (Phi) is 4.42. The predicted octanol–water partition coefficient (Wildman–Crippen LogP) is 3.05. The first-order valence-electron chi connectivity index (χ1n) is 6.81. The van der Waals surface area contributed by atoms with Crippen LogP contribution in [0.2, 0.25) is 0 Å². The zero-order valence-electron chi connectivity index (χ0n) is 11.8. The zero-order chi connectivity index (χ0) is 13.9. The Balaban J connectivity index is 2.33. The van der Waals surface area contributed by atoms with Gasteiger partial charge in [0, 0.05) is 18.2 Å². The Morgan fingerprint density at radius 1 is 1.53 bits per heavy atom. The highest BCUT2D eigenvalue weighted by Gasteiger charge is 2.40. The highest BCUT2D eigenvalue weighted by molar-refractivity contribution is 5.32. The number of rotatable bonds is 5. The largest absolute Gasteiger partial charge is 0.497 e. The molecule has 1 heterocycles. The van der Waals surface area contributed by atoms with E-state index in [0.29, 0.717) is 11.3 Å². The van der Waals surface area contributed by atoms with Crippen LogP contribution in [0.3, 0.4) is 0 Å². The maximum absolute atomic E-state index is 14.3. The molecule has 0 amide bonds. The summed E-state index contributed by atoms with van der Waals surface area (Å²) in [6.45, 7) is 5.59. The molecule has 1 aliphatic rings. The lowest BCUT2D eigenvalue weighted by atomic mass is 9.87. The van der Waals surface area contributed by atoms with E-state index in [1.54, 1.807) is 12.1 Å². The molecule has 0 aliphatic carbocycles. The molecule has 1 saturated heterocycles.